The standard InChI is InChI=1S/C47H64N4O8S4.C19H40N4.C3H8.4BrH/c1-38-10-22-44(23-11-38)60(52,53)48(30-5-7-32-50(36-42-18-19-42)62(56,57)46-26-14-40(3)15-27-46)34-9-35-49(61(54,55)45-24-12-39(2)13-25-45)31-6-8-33-51(37-43-20-21-43)63(58,59)47-28-16-41(4)17-29-47;1(3-12-22-16-18-6-7-18)10-20-14-5-15-21-11-2-4-13-23-17-19-8-9-19;1-3-2;;;;/h10-17,22-29,42-43H,5-9,18-21,30-37H2,1-4H3;18-23H,1-17H2;3H2,1-2H3;4*1H. The molecule has 93 heavy (non-hydrogen) atoms. The molecule has 0 unspecified atom stereocenters. The molecule has 0 heterocycles. The van der Waals surface area contributed by atoms with Crippen LogP contribution in [0.1, 0.15) is 158 Å². The van der Waals surface area contributed by atoms with Crippen molar-refractivity contribution >= 4 is 108 Å². The summed E-state index contributed by atoms with van der Waals surface area (Å²) in [5, 5.41) is 14.2. The number of nitrogens with zero attached hydrogens (tertiary/aromatic N) is 4. The molecule has 24 heteroatoms. The predicted octanol–water partition coefficient (Wildman–Crippen LogP) is 13.6. The van der Waals surface area contributed by atoms with Gasteiger partial charge in [0.25, 0.3) is 0 Å². The van der Waals surface area contributed by atoms with E-state index in [1.165, 1.54) is 121 Å². The van der Waals surface area contributed by atoms with E-state index in [2.05, 4.69) is 35.1 Å². The molecule has 16 nitrogen and oxygen atoms in total. The number of hydrogen-bond acceptors (Lipinski definition) is 12. The maximum absolute atomic E-state index is 14.2. The lowest BCUT2D eigenvalue weighted by Gasteiger charge is -2.27. The largest absolute Gasteiger partial charge is 0.317 e. The van der Waals surface area contributed by atoms with Crippen LogP contribution in [-0.2, 0) is 40.1 Å². The second-order valence-corrected chi connectivity index (χ2v) is 33.5. The molecular weight excluding hydrogens is 1520 g/mol. The van der Waals surface area contributed by atoms with E-state index < -0.39 is 40.1 Å². The third-order valence-corrected chi connectivity index (χ3v) is 24.4. The normalized spacial score (nSPS) is 14.9. The number of unbranched alkanes of at least 4 members (excludes halogenated alkanes) is 4. The van der Waals surface area contributed by atoms with Gasteiger partial charge < -0.3 is 21.3 Å². The quantitative estimate of drug-likeness (QED) is 0.0306. The van der Waals surface area contributed by atoms with Crippen molar-refractivity contribution in [2.45, 2.75) is 183 Å². The molecule has 4 aliphatic rings. The van der Waals surface area contributed by atoms with Gasteiger partial charge in [0.05, 0.1) is 19.6 Å². The van der Waals surface area contributed by atoms with Crippen LogP contribution >= 0.6 is 67.9 Å². The minimum absolute atomic E-state index is 0. The predicted molar refractivity (Wildman–Crippen MR) is 406 cm³/mol. The van der Waals surface area contributed by atoms with Crippen LogP contribution in [0.5, 0.6) is 0 Å². The third kappa shape index (κ3) is 32.9. The molecule has 4 aromatic carbocycles. The monoisotopic (exact) mass is 1630 g/mol. The smallest absolute Gasteiger partial charge is 0.243 e. The van der Waals surface area contributed by atoms with E-state index in [4.69, 9.17) is 0 Å². The summed E-state index contributed by atoms with van der Waals surface area (Å²) in [5.41, 5.74) is 3.75. The highest BCUT2D eigenvalue weighted by atomic mass is 79.9. The van der Waals surface area contributed by atoms with Gasteiger partial charge in [-0.2, -0.15) is 17.2 Å². The van der Waals surface area contributed by atoms with Gasteiger partial charge in [-0.25, -0.2) is 33.7 Å². The van der Waals surface area contributed by atoms with Crippen molar-refractivity contribution in [1.29, 1.82) is 0 Å². The van der Waals surface area contributed by atoms with Crippen molar-refractivity contribution in [2.24, 2.45) is 23.7 Å². The van der Waals surface area contributed by atoms with E-state index in [1.54, 1.807) is 97.1 Å². The molecule has 0 aromatic heterocycles. The van der Waals surface area contributed by atoms with Crippen LogP contribution in [-0.4, -0.2) is 156 Å². The molecule has 8 rings (SSSR count). The zero-order chi connectivity index (χ0) is 64.1. The third-order valence-electron chi connectivity index (χ3n) is 16.8. The summed E-state index contributed by atoms with van der Waals surface area (Å²) < 4.78 is 118. The van der Waals surface area contributed by atoms with Crippen LogP contribution in [0.2, 0.25) is 0 Å². The van der Waals surface area contributed by atoms with Gasteiger partial charge in [0, 0.05) is 52.4 Å². The van der Waals surface area contributed by atoms with Crippen molar-refractivity contribution in [3.05, 3.63) is 119 Å². The SMILES string of the molecule is Br.Br.Br.Br.C(CCNCC1CC1)CNCCCNCCCCNCC1CC1.CCC.Cc1ccc(S(=O)(=O)N(CCCCN(CC2CC2)S(=O)(=O)c2ccc(C)cc2)CCCN(CCCCN(CC2CC2)S(=O)(=O)c2ccc(C)cc2)S(=O)(=O)c2ccc(C)cc2)cc1. The van der Waals surface area contributed by atoms with Crippen LogP contribution in [0.3, 0.4) is 0 Å². The van der Waals surface area contributed by atoms with Crippen molar-refractivity contribution in [3.8, 4) is 0 Å². The van der Waals surface area contributed by atoms with Crippen LogP contribution in [0.25, 0.3) is 0 Å². The first-order chi connectivity index (χ1) is 42.7. The van der Waals surface area contributed by atoms with Gasteiger partial charge in [-0.3, -0.25) is 0 Å². The average Bonchev–Trinajstić information content (AvgIpc) is 1.64. The Morgan fingerprint density at radius 1 is 0.301 bits per heavy atom. The van der Waals surface area contributed by atoms with E-state index >= 15 is 0 Å². The van der Waals surface area contributed by atoms with Gasteiger partial charge in [0.15, 0.2) is 0 Å². The van der Waals surface area contributed by atoms with E-state index in [9.17, 15) is 33.7 Å². The highest BCUT2D eigenvalue weighted by Gasteiger charge is 2.34. The number of halogens is 4. The molecular formula is C69H116Br4N8O8S4. The molecule has 4 aliphatic carbocycles. The molecule has 532 valence electrons. The Balaban J connectivity index is 0.000000825. The van der Waals surface area contributed by atoms with Crippen LogP contribution in [0.15, 0.2) is 117 Å². The van der Waals surface area contributed by atoms with Crippen LogP contribution < -0.4 is 21.3 Å². The topological polar surface area (TPSA) is 198 Å². The molecule has 4 aromatic rings. The second kappa shape index (κ2) is 45.8. The van der Waals surface area contributed by atoms with Crippen molar-refractivity contribution in [3.63, 3.8) is 0 Å². The van der Waals surface area contributed by atoms with Gasteiger partial charge in [0.2, 0.25) is 40.1 Å². The molecule has 4 fully saturated rings. The maximum atomic E-state index is 14.2. The van der Waals surface area contributed by atoms with Crippen LogP contribution in [0.4, 0.5) is 0 Å². The fourth-order valence-corrected chi connectivity index (χ4v) is 16.5. The number of aryl methyl sites for hydroxylation is 4. The number of sulfonamides is 4. The number of nitrogens with one attached hydrogen (secondary N) is 4. The maximum Gasteiger partial charge on any atom is 0.243 e. The molecule has 0 aliphatic heterocycles. The highest BCUT2D eigenvalue weighted by molar-refractivity contribution is 8.93. The molecule has 0 atom stereocenters. The second-order valence-electron chi connectivity index (χ2n) is 25.7. The first-order valence-corrected chi connectivity index (χ1v) is 39.6. The minimum atomic E-state index is -4.00. The lowest BCUT2D eigenvalue weighted by atomic mass is 10.2. The summed E-state index contributed by atoms with van der Waals surface area (Å²) >= 11 is 0. The first-order valence-electron chi connectivity index (χ1n) is 33.8. The average molecular weight is 1630 g/mol. The Bertz CT molecular complexity index is 2900. The Labute approximate surface area is 605 Å². The fraction of sp³-hybridized carbons (Fsp3) is 0.652. The number of benzene rings is 4. The van der Waals surface area contributed by atoms with Crippen LogP contribution in [0, 0.1) is 51.4 Å². The molecule has 4 saturated carbocycles. The highest BCUT2D eigenvalue weighted by Crippen LogP contribution is 2.34. The van der Waals surface area contributed by atoms with Crippen molar-refractivity contribution < 1.29 is 33.7 Å². The van der Waals surface area contributed by atoms with E-state index in [0.717, 1.165) is 72.9 Å². The summed E-state index contributed by atoms with van der Waals surface area (Å²) in [5.74, 6) is 2.66. The zero-order valence-corrected chi connectivity index (χ0v) is 66.7. The van der Waals surface area contributed by atoms with Crippen molar-refractivity contribution in [2.75, 3.05) is 105 Å². The van der Waals surface area contributed by atoms with Gasteiger partial charge in [-0.15, -0.1) is 67.9 Å². The molecule has 0 spiro atoms. The first kappa shape index (κ1) is 87.4. The Hall–Kier alpha value is -1.72. The zero-order valence-electron chi connectivity index (χ0n) is 56.6. The van der Waals surface area contributed by atoms with E-state index in [-0.39, 0.29) is 133 Å². The van der Waals surface area contributed by atoms with E-state index in [1.807, 2.05) is 27.7 Å². The molecule has 0 amide bonds. The molecule has 0 radical (unpaired) electrons. The minimum Gasteiger partial charge on any atom is -0.317 e. The summed E-state index contributed by atoms with van der Waals surface area (Å²) in [7, 11) is -15.5. The Kier molecular flexibility index (Phi) is 43.1. The van der Waals surface area contributed by atoms with Gasteiger partial charge in [-0.05, 0) is 268 Å². The lowest BCUT2D eigenvalue weighted by Crippen LogP contribution is -2.38. The fourth-order valence-electron chi connectivity index (χ4n) is 10.4. The number of rotatable bonds is 44. The number of hydrogen-bond donors (Lipinski definition) is 4. The summed E-state index contributed by atoms with van der Waals surface area (Å²) in [4.78, 5) is 0.743. The summed E-state index contributed by atoms with van der Waals surface area (Å²) in [6.45, 7) is 23.1. The Morgan fingerprint density at radius 2 is 0.516 bits per heavy atom. The summed E-state index contributed by atoms with van der Waals surface area (Å²) in [6, 6.07) is 26.9. The van der Waals surface area contributed by atoms with Gasteiger partial charge >= 0.3 is 0 Å². The molecule has 0 bridgehead atoms. The lowest BCUT2D eigenvalue weighted by molar-refractivity contribution is 0.333. The van der Waals surface area contributed by atoms with Crippen molar-refractivity contribution in [1.82, 2.24) is 38.5 Å². The van der Waals surface area contributed by atoms with Gasteiger partial charge in [0.1, 0.15) is 0 Å². The van der Waals surface area contributed by atoms with Gasteiger partial charge in [-0.1, -0.05) is 91.1 Å². The molecule has 0 saturated heterocycles. The van der Waals surface area contributed by atoms with E-state index in [0.29, 0.717) is 50.6 Å². The Morgan fingerprint density at radius 3 is 0.774 bits per heavy atom. The molecule has 4 N–H and O–H groups in total. The summed E-state index contributed by atoms with van der Waals surface area (Å²) in [6.07, 6.45) is 19.3.